The van der Waals surface area contributed by atoms with Crippen molar-refractivity contribution < 1.29 is 0 Å². The van der Waals surface area contributed by atoms with Gasteiger partial charge in [0.2, 0.25) is 0 Å². The van der Waals surface area contributed by atoms with Crippen LogP contribution in [0.2, 0.25) is 0 Å². The number of nitrogens with zero attached hydrogens (tertiary/aromatic N) is 6. The lowest BCUT2D eigenvalue weighted by atomic mass is 9.89. The number of fused-ring (bicyclic) bond motifs is 7. The first-order valence-electron chi connectivity index (χ1n) is 33.4. The van der Waals surface area contributed by atoms with E-state index in [4.69, 9.17) is 9.97 Å². The Bertz CT molecular complexity index is 5470. The third kappa shape index (κ3) is 10.1. The summed E-state index contributed by atoms with van der Waals surface area (Å²) in [4.78, 5) is 16.7. The number of benzene rings is 15. The zero-order valence-corrected chi connectivity index (χ0v) is 53.5. The van der Waals surface area contributed by atoms with Crippen LogP contribution in [0.25, 0.3) is 133 Å². The van der Waals surface area contributed by atoms with Crippen LogP contribution in [0.3, 0.4) is 0 Å². The number of hydrogen-bond donors (Lipinski definition) is 0. The van der Waals surface area contributed by atoms with Crippen molar-refractivity contribution in [1.82, 2.24) is 19.1 Å². The van der Waals surface area contributed by atoms with Crippen LogP contribution in [-0.4, -0.2) is 19.1 Å². The van der Waals surface area contributed by atoms with E-state index in [1.165, 1.54) is 43.6 Å². The predicted molar refractivity (Wildman–Crippen MR) is 410 cm³/mol. The standard InChI is InChI=1S/C92H62N6/c1-5-25-63(26-6-1)75-33-13-15-35-77(75)83-61-62-84(78-36-16-14-34-76(78)64-27-7-2-8-28-64)92-91(83)93-89(65-45-49-69(50-46-65)95(67-29-9-3-10-30-67)71-53-57-73(58-54-71)97-85-41-21-17-37-79(85)80-38-18-22-42-86(80)97)90(94-92)66-47-51-70(52-48-66)96(68-31-11-4-12-32-68)72-55-59-74(60-56-72)98-87-43-23-19-39-81(87)82-40-20-24-44-88(82)98/h1-62H. The van der Waals surface area contributed by atoms with E-state index in [0.29, 0.717) is 0 Å². The molecule has 3 heterocycles. The number of hydrogen-bond acceptors (Lipinski definition) is 4. The van der Waals surface area contributed by atoms with E-state index in [9.17, 15) is 0 Å². The maximum absolute atomic E-state index is 6.02. The van der Waals surface area contributed by atoms with Crippen LogP contribution < -0.4 is 9.80 Å². The summed E-state index contributed by atoms with van der Waals surface area (Å²) in [5, 5.41) is 4.95. The SMILES string of the molecule is c1ccc(-c2ccccc2-c2ccc(-c3ccccc3-c3ccccc3)c3nc(-c4ccc(N(c5ccccc5)c5ccc(-n6c7ccccc7c7ccccc76)cc5)cc4)c(-c4ccc(N(c5ccccc5)c5ccc(-n6c7ccccc7c7ccccc76)cc5)cc4)nc23)cc1. The van der Waals surface area contributed by atoms with Crippen LogP contribution in [0.1, 0.15) is 0 Å². The molecule has 0 spiro atoms. The Morgan fingerprint density at radius 3 is 0.765 bits per heavy atom. The summed E-state index contributed by atoms with van der Waals surface area (Å²) >= 11 is 0. The first-order valence-corrected chi connectivity index (χ1v) is 33.4. The van der Waals surface area contributed by atoms with E-state index in [1.807, 2.05) is 0 Å². The van der Waals surface area contributed by atoms with E-state index >= 15 is 0 Å². The van der Waals surface area contributed by atoms with Gasteiger partial charge in [0.1, 0.15) is 0 Å². The fraction of sp³-hybridized carbons (Fsp3) is 0. The Morgan fingerprint density at radius 1 is 0.184 bits per heavy atom. The van der Waals surface area contributed by atoms with Gasteiger partial charge in [-0.2, -0.15) is 0 Å². The number of aromatic nitrogens is 4. The Kier molecular flexibility index (Phi) is 14.5. The van der Waals surface area contributed by atoms with Gasteiger partial charge < -0.3 is 18.9 Å². The summed E-state index contributed by atoms with van der Waals surface area (Å²) in [7, 11) is 0. The smallest absolute Gasteiger partial charge is 0.0979 e. The van der Waals surface area contributed by atoms with Crippen molar-refractivity contribution in [2.24, 2.45) is 0 Å². The fourth-order valence-electron chi connectivity index (χ4n) is 14.6. The molecule has 460 valence electrons. The molecule has 0 fully saturated rings. The molecule has 15 aromatic carbocycles. The minimum Gasteiger partial charge on any atom is -0.311 e. The fourth-order valence-corrected chi connectivity index (χ4v) is 14.6. The van der Waals surface area contributed by atoms with Crippen LogP contribution in [-0.2, 0) is 0 Å². The van der Waals surface area contributed by atoms with Gasteiger partial charge in [-0.1, -0.05) is 255 Å². The summed E-state index contributed by atoms with van der Waals surface area (Å²) in [5.41, 5.74) is 26.7. The Balaban J connectivity index is 0.809. The van der Waals surface area contributed by atoms with Crippen molar-refractivity contribution >= 4 is 88.8 Å². The van der Waals surface area contributed by atoms with Gasteiger partial charge >= 0.3 is 0 Å². The van der Waals surface area contributed by atoms with Crippen molar-refractivity contribution in [3.05, 3.63) is 376 Å². The zero-order chi connectivity index (χ0) is 64.9. The Labute approximate surface area is 568 Å². The second-order valence-electron chi connectivity index (χ2n) is 24.8. The molecule has 18 rings (SSSR count). The molecule has 0 amide bonds. The maximum atomic E-state index is 6.02. The molecule has 0 saturated heterocycles. The molecule has 6 nitrogen and oxygen atoms in total. The van der Waals surface area contributed by atoms with Gasteiger partial charge in [0.25, 0.3) is 0 Å². The molecular weight excluding hydrogens is 1190 g/mol. The second kappa shape index (κ2) is 24.6. The van der Waals surface area contributed by atoms with Crippen LogP contribution in [0, 0.1) is 0 Å². The summed E-state index contributed by atoms with van der Waals surface area (Å²) < 4.78 is 4.74. The van der Waals surface area contributed by atoms with E-state index in [2.05, 4.69) is 395 Å². The number of rotatable bonds is 14. The van der Waals surface area contributed by atoms with Crippen molar-refractivity contribution in [3.8, 4) is 78.4 Å². The maximum Gasteiger partial charge on any atom is 0.0979 e. The molecule has 18 aromatic rings. The average Bonchev–Trinajstić information content (AvgIpc) is 0.806. The highest BCUT2D eigenvalue weighted by molar-refractivity contribution is 6.11. The third-order valence-electron chi connectivity index (χ3n) is 19.1. The molecule has 0 bridgehead atoms. The summed E-state index contributed by atoms with van der Waals surface area (Å²) in [6.45, 7) is 0. The molecule has 3 aromatic heterocycles. The summed E-state index contributed by atoms with van der Waals surface area (Å²) in [5.74, 6) is 0. The summed E-state index contributed by atoms with van der Waals surface area (Å²) in [6.07, 6.45) is 0. The molecule has 98 heavy (non-hydrogen) atoms. The normalized spacial score (nSPS) is 11.5. The molecule has 0 saturated carbocycles. The molecule has 0 unspecified atom stereocenters. The van der Waals surface area contributed by atoms with Gasteiger partial charge in [-0.25, -0.2) is 9.97 Å². The van der Waals surface area contributed by atoms with E-state index < -0.39 is 0 Å². The van der Waals surface area contributed by atoms with Gasteiger partial charge in [-0.15, -0.1) is 0 Å². The summed E-state index contributed by atoms with van der Waals surface area (Å²) in [6, 6.07) is 135. The van der Waals surface area contributed by atoms with Gasteiger partial charge in [-0.05, 0) is 155 Å². The quantitative estimate of drug-likeness (QED) is 0.109. The Morgan fingerprint density at radius 2 is 0.439 bits per heavy atom. The molecular formula is C92H62N6. The van der Waals surface area contributed by atoms with Gasteiger partial charge in [0.05, 0.1) is 44.5 Å². The first kappa shape index (κ1) is 57.5. The monoisotopic (exact) mass is 1250 g/mol. The predicted octanol–water partition coefficient (Wildman–Crippen LogP) is 24.8. The highest BCUT2D eigenvalue weighted by Gasteiger charge is 2.24. The number of anilines is 6. The number of para-hydroxylation sites is 6. The van der Waals surface area contributed by atoms with Gasteiger partial charge in [-0.3, -0.25) is 0 Å². The van der Waals surface area contributed by atoms with E-state index in [0.717, 1.165) is 124 Å². The topological polar surface area (TPSA) is 42.1 Å². The minimum atomic E-state index is 0.770. The first-order chi connectivity index (χ1) is 48.6. The molecule has 0 aliphatic rings. The van der Waals surface area contributed by atoms with Gasteiger partial charge in [0, 0.05) is 89.3 Å². The second-order valence-corrected chi connectivity index (χ2v) is 24.8. The lowest BCUT2D eigenvalue weighted by molar-refractivity contribution is 1.17. The zero-order valence-electron chi connectivity index (χ0n) is 53.5. The molecule has 0 aliphatic heterocycles. The average molecular weight is 1250 g/mol. The lowest BCUT2D eigenvalue weighted by Crippen LogP contribution is -2.10. The van der Waals surface area contributed by atoms with E-state index in [-0.39, 0.29) is 0 Å². The minimum absolute atomic E-state index is 0.770. The highest BCUT2D eigenvalue weighted by Crippen LogP contribution is 2.46. The third-order valence-corrected chi connectivity index (χ3v) is 19.1. The van der Waals surface area contributed by atoms with Crippen molar-refractivity contribution in [2.45, 2.75) is 0 Å². The molecule has 6 heteroatoms. The highest BCUT2D eigenvalue weighted by atomic mass is 15.1. The van der Waals surface area contributed by atoms with Crippen LogP contribution >= 0.6 is 0 Å². The lowest BCUT2D eigenvalue weighted by Gasteiger charge is -2.26. The van der Waals surface area contributed by atoms with Crippen molar-refractivity contribution in [2.75, 3.05) is 9.80 Å². The van der Waals surface area contributed by atoms with E-state index in [1.54, 1.807) is 0 Å². The van der Waals surface area contributed by atoms with Crippen molar-refractivity contribution in [3.63, 3.8) is 0 Å². The molecule has 0 N–H and O–H groups in total. The van der Waals surface area contributed by atoms with Crippen molar-refractivity contribution in [1.29, 1.82) is 0 Å². The Hall–Kier alpha value is -13.2. The van der Waals surface area contributed by atoms with Gasteiger partial charge in [0.15, 0.2) is 0 Å². The molecule has 0 aliphatic carbocycles. The largest absolute Gasteiger partial charge is 0.311 e. The molecule has 0 radical (unpaired) electrons. The van der Waals surface area contributed by atoms with Crippen LogP contribution in [0.4, 0.5) is 34.1 Å². The molecule has 0 atom stereocenters. The van der Waals surface area contributed by atoms with Crippen LogP contribution in [0.15, 0.2) is 376 Å². The van der Waals surface area contributed by atoms with Crippen LogP contribution in [0.5, 0.6) is 0 Å².